The van der Waals surface area contributed by atoms with Gasteiger partial charge in [-0.1, -0.05) is 19.1 Å². The smallest absolute Gasteiger partial charge is 0.103 e. The van der Waals surface area contributed by atoms with Crippen LogP contribution in [0.4, 0.5) is 0 Å². The molecule has 1 aromatic rings. The average molecular weight is 183 g/mol. The number of nitrogens with one attached hydrogen (secondary N) is 1. The van der Waals surface area contributed by atoms with E-state index in [1.807, 2.05) is 19.9 Å². The minimum Gasteiger partial charge on any atom is -0.388 e. The summed E-state index contributed by atoms with van der Waals surface area (Å²) in [6.45, 7) is 3.91. The lowest BCUT2D eigenvalue weighted by atomic mass is 10.1. The second-order valence-electron chi connectivity index (χ2n) is 2.86. The van der Waals surface area contributed by atoms with Gasteiger partial charge in [0.2, 0.25) is 0 Å². The van der Waals surface area contributed by atoms with Gasteiger partial charge in [-0.15, -0.1) is 0 Å². The Labute approximate surface area is 77.3 Å². The van der Waals surface area contributed by atoms with E-state index in [2.05, 4.69) is 4.98 Å². The van der Waals surface area contributed by atoms with Gasteiger partial charge in [0.05, 0.1) is 6.10 Å². The van der Waals surface area contributed by atoms with Crippen molar-refractivity contribution in [2.75, 3.05) is 0 Å². The van der Waals surface area contributed by atoms with Crippen molar-refractivity contribution in [1.82, 2.24) is 4.98 Å². The van der Waals surface area contributed by atoms with E-state index in [0.29, 0.717) is 4.64 Å². The molecule has 0 saturated heterocycles. The largest absolute Gasteiger partial charge is 0.388 e. The van der Waals surface area contributed by atoms with Gasteiger partial charge in [0.1, 0.15) is 4.64 Å². The molecule has 0 radical (unpaired) electrons. The summed E-state index contributed by atoms with van der Waals surface area (Å²) in [6, 6.07) is 1.86. The Morgan fingerprint density at radius 1 is 1.67 bits per heavy atom. The Balaban J connectivity index is 3.09. The van der Waals surface area contributed by atoms with Crippen LogP contribution in [0.1, 0.15) is 30.6 Å². The number of aromatic nitrogens is 1. The molecule has 0 unspecified atom stereocenters. The zero-order chi connectivity index (χ0) is 9.14. The van der Waals surface area contributed by atoms with Crippen LogP contribution < -0.4 is 0 Å². The number of aliphatic hydroxyl groups excluding tert-OH is 1. The molecule has 0 aliphatic rings. The van der Waals surface area contributed by atoms with Crippen molar-refractivity contribution >= 4 is 12.2 Å². The summed E-state index contributed by atoms with van der Waals surface area (Å²) in [5, 5.41) is 9.55. The van der Waals surface area contributed by atoms with Gasteiger partial charge in [-0.3, -0.25) is 0 Å². The summed E-state index contributed by atoms with van der Waals surface area (Å²) in [7, 11) is 0. The molecule has 0 aliphatic heterocycles. The van der Waals surface area contributed by atoms with Gasteiger partial charge < -0.3 is 10.1 Å². The third kappa shape index (κ3) is 1.93. The van der Waals surface area contributed by atoms with Crippen LogP contribution in [-0.2, 0) is 0 Å². The molecule has 0 spiro atoms. The number of pyridine rings is 1. The van der Waals surface area contributed by atoms with E-state index in [1.165, 1.54) is 0 Å². The molecule has 1 atom stereocenters. The van der Waals surface area contributed by atoms with E-state index in [1.54, 1.807) is 6.20 Å². The maximum absolute atomic E-state index is 9.55. The summed E-state index contributed by atoms with van der Waals surface area (Å²) in [4.78, 5) is 2.91. The second kappa shape index (κ2) is 3.83. The van der Waals surface area contributed by atoms with Crippen molar-refractivity contribution in [2.24, 2.45) is 0 Å². The van der Waals surface area contributed by atoms with Gasteiger partial charge in [0, 0.05) is 6.20 Å². The Hall–Kier alpha value is -0.670. The van der Waals surface area contributed by atoms with Crippen LogP contribution in [0.3, 0.4) is 0 Å². The van der Waals surface area contributed by atoms with E-state index < -0.39 is 0 Å². The molecule has 0 bridgehead atoms. The highest BCUT2D eigenvalue weighted by Crippen LogP contribution is 2.18. The number of hydrogen-bond donors (Lipinski definition) is 2. The topological polar surface area (TPSA) is 36.0 Å². The lowest BCUT2D eigenvalue weighted by Crippen LogP contribution is -1.98. The quantitative estimate of drug-likeness (QED) is 0.691. The van der Waals surface area contributed by atoms with E-state index in [4.69, 9.17) is 12.2 Å². The molecule has 0 aliphatic carbocycles. The predicted molar refractivity (Wildman–Crippen MR) is 51.6 cm³/mol. The molecule has 1 aromatic heterocycles. The van der Waals surface area contributed by atoms with Gasteiger partial charge in [-0.2, -0.15) is 0 Å². The molecular weight excluding hydrogens is 170 g/mol. The first-order valence-corrected chi connectivity index (χ1v) is 4.43. The van der Waals surface area contributed by atoms with Crippen LogP contribution in [0.25, 0.3) is 0 Å². The Kier molecular flexibility index (Phi) is 3.00. The van der Waals surface area contributed by atoms with Gasteiger partial charge in [-0.05, 0) is 30.5 Å². The fraction of sp³-hybridized carbons (Fsp3) is 0.444. The number of aryl methyl sites for hydroxylation is 1. The molecule has 3 heteroatoms. The Morgan fingerprint density at radius 3 is 2.83 bits per heavy atom. The molecule has 66 valence electrons. The maximum Gasteiger partial charge on any atom is 0.103 e. The normalized spacial score (nSPS) is 12.9. The van der Waals surface area contributed by atoms with Crippen LogP contribution in [0.2, 0.25) is 0 Å². The molecule has 0 aromatic carbocycles. The highest BCUT2D eigenvalue weighted by molar-refractivity contribution is 7.71. The van der Waals surface area contributed by atoms with Gasteiger partial charge in [-0.25, -0.2) is 0 Å². The van der Waals surface area contributed by atoms with E-state index in [0.717, 1.165) is 17.5 Å². The van der Waals surface area contributed by atoms with Crippen molar-refractivity contribution in [3.8, 4) is 0 Å². The molecule has 0 saturated carbocycles. The number of H-pyrrole nitrogens is 1. The number of aliphatic hydroxyl groups is 1. The van der Waals surface area contributed by atoms with Crippen molar-refractivity contribution < 1.29 is 5.11 Å². The monoisotopic (exact) mass is 183 g/mol. The van der Waals surface area contributed by atoms with Crippen LogP contribution >= 0.6 is 12.2 Å². The van der Waals surface area contributed by atoms with Crippen molar-refractivity contribution in [3.63, 3.8) is 0 Å². The van der Waals surface area contributed by atoms with E-state index >= 15 is 0 Å². The Morgan fingerprint density at radius 2 is 2.33 bits per heavy atom. The van der Waals surface area contributed by atoms with Crippen LogP contribution in [0, 0.1) is 11.6 Å². The van der Waals surface area contributed by atoms with Crippen LogP contribution in [0.5, 0.6) is 0 Å². The van der Waals surface area contributed by atoms with E-state index in [9.17, 15) is 5.11 Å². The van der Waals surface area contributed by atoms with Gasteiger partial charge >= 0.3 is 0 Å². The molecule has 2 N–H and O–H groups in total. The van der Waals surface area contributed by atoms with Gasteiger partial charge in [0.15, 0.2) is 0 Å². The Bertz CT molecular complexity index is 319. The minimum atomic E-state index is -0.378. The summed E-state index contributed by atoms with van der Waals surface area (Å²) in [6.07, 6.45) is 2.13. The third-order valence-electron chi connectivity index (χ3n) is 1.92. The fourth-order valence-electron chi connectivity index (χ4n) is 1.16. The minimum absolute atomic E-state index is 0.378. The first kappa shape index (κ1) is 9.42. The van der Waals surface area contributed by atoms with Crippen LogP contribution in [-0.4, -0.2) is 10.1 Å². The first-order chi connectivity index (χ1) is 5.65. The maximum atomic E-state index is 9.55. The summed E-state index contributed by atoms with van der Waals surface area (Å²) < 4.78 is 0.708. The fourth-order valence-corrected chi connectivity index (χ4v) is 1.40. The van der Waals surface area contributed by atoms with Crippen molar-refractivity contribution in [2.45, 2.75) is 26.4 Å². The number of hydrogen-bond acceptors (Lipinski definition) is 2. The lowest BCUT2D eigenvalue weighted by Gasteiger charge is -2.10. The molecule has 0 fully saturated rings. The number of aromatic amines is 1. The molecule has 0 amide bonds. The highest BCUT2D eigenvalue weighted by Gasteiger charge is 2.06. The van der Waals surface area contributed by atoms with Crippen molar-refractivity contribution in [3.05, 3.63) is 28.0 Å². The second-order valence-corrected chi connectivity index (χ2v) is 3.30. The zero-order valence-electron chi connectivity index (χ0n) is 7.29. The first-order valence-electron chi connectivity index (χ1n) is 4.02. The predicted octanol–water partition coefficient (Wildman–Crippen LogP) is 2.50. The number of rotatable bonds is 2. The van der Waals surface area contributed by atoms with E-state index in [-0.39, 0.29) is 6.10 Å². The SMILES string of the molecule is CC[C@@H](O)c1c[nH]c(=S)cc1C. The summed E-state index contributed by atoms with van der Waals surface area (Å²) in [5.41, 5.74) is 1.99. The zero-order valence-corrected chi connectivity index (χ0v) is 8.11. The van der Waals surface area contributed by atoms with Crippen molar-refractivity contribution in [1.29, 1.82) is 0 Å². The standard InChI is InChI=1S/C9H13NOS/c1-3-8(11)7-5-10-9(12)4-6(7)2/h4-5,8,11H,3H2,1-2H3,(H,10,12)/t8-/m1/s1. The highest BCUT2D eigenvalue weighted by atomic mass is 32.1. The molecule has 12 heavy (non-hydrogen) atoms. The molecule has 1 rings (SSSR count). The molecular formula is C9H13NOS. The summed E-state index contributed by atoms with van der Waals surface area (Å²) >= 11 is 4.94. The molecule has 2 nitrogen and oxygen atoms in total. The average Bonchev–Trinajstić information content (AvgIpc) is 2.03. The third-order valence-corrected chi connectivity index (χ3v) is 2.15. The lowest BCUT2D eigenvalue weighted by molar-refractivity contribution is 0.172. The molecule has 1 heterocycles. The summed E-state index contributed by atoms with van der Waals surface area (Å²) in [5.74, 6) is 0. The van der Waals surface area contributed by atoms with Gasteiger partial charge in [0.25, 0.3) is 0 Å². The van der Waals surface area contributed by atoms with Crippen LogP contribution in [0.15, 0.2) is 12.3 Å².